The number of nitrogens with one attached hydrogen (secondary N) is 1. The summed E-state index contributed by atoms with van der Waals surface area (Å²) in [6.07, 6.45) is 1.79. The molecule has 0 amide bonds. The molecule has 0 aromatic carbocycles. The fraction of sp³-hybridized carbons (Fsp3) is 0.714. The van der Waals surface area contributed by atoms with Crippen LogP contribution in [0.4, 0.5) is 0 Å². The van der Waals surface area contributed by atoms with Crippen molar-refractivity contribution in [2.45, 2.75) is 0 Å². The summed E-state index contributed by atoms with van der Waals surface area (Å²) in [5.74, 6) is 0. The number of hydrogen-bond acceptors (Lipinski definition) is 2. The molecule has 3 nitrogen and oxygen atoms in total. The second kappa shape index (κ2) is 6.74. The Hall–Kier alpha value is -0.380. The third kappa shape index (κ3) is 4.49. The van der Waals surface area contributed by atoms with Gasteiger partial charge in [-0.25, -0.2) is 0 Å². The van der Waals surface area contributed by atoms with E-state index in [2.05, 4.69) is 6.58 Å². The normalized spacial score (nSPS) is 10.3. The van der Waals surface area contributed by atoms with Crippen LogP contribution < -0.4 is 4.90 Å². The van der Waals surface area contributed by atoms with Gasteiger partial charge in [-0.15, -0.1) is 0 Å². The van der Waals surface area contributed by atoms with Crippen LogP contribution in [-0.4, -0.2) is 43.1 Å². The summed E-state index contributed by atoms with van der Waals surface area (Å²) >= 11 is 0. The monoisotopic (exact) mass is 146 g/mol. The van der Waals surface area contributed by atoms with Crippen LogP contribution in [0.3, 0.4) is 0 Å². The predicted molar refractivity (Wildman–Crippen MR) is 39.9 cm³/mol. The van der Waals surface area contributed by atoms with E-state index in [9.17, 15) is 0 Å². The summed E-state index contributed by atoms with van der Waals surface area (Å²) in [7, 11) is 0. The van der Waals surface area contributed by atoms with Gasteiger partial charge in [0.2, 0.25) is 0 Å². The van der Waals surface area contributed by atoms with Crippen molar-refractivity contribution in [2.75, 3.05) is 32.8 Å². The molecule has 0 fully saturated rings. The van der Waals surface area contributed by atoms with Crippen LogP contribution in [0.2, 0.25) is 0 Å². The molecule has 0 heterocycles. The Balaban J connectivity index is 3.38. The van der Waals surface area contributed by atoms with E-state index in [0.717, 1.165) is 6.54 Å². The van der Waals surface area contributed by atoms with Crippen molar-refractivity contribution in [1.29, 1.82) is 0 Å². The Bertz CT molecular complexity index is 79.7. The molecule has 0 bridgehead atoms. The molecule has 0 aliphatic heterocycles. The molecule has 60 valence electrons. The lowest BCUT2D eigenvalue weighted by atomic mass is 10.4. The summed E-state index contributed by atoms with van der Waals surface area (Å²) in [4.78, 5) is 1.17. The van der Waals surface area contributed by atoms with Crippen LogP contribution in [0.5, 0.6) is 0 Å². The predicted octanol–water partition coefficient (Wildman–Crippen LogP) is -1.96. The van der Waals surface area contributed by atoms with Gasteiger partial charge in [-0.2, -0.15) is 0 Å². The zero-order chi connectivity index (χ0) is 7.82. The van der Waals surface area contributed by atoms with Crippen LogP contribution in [0.25, 0.3) is 0 Å². The smallest absolute Gasteiger partial charge is 0.101 e. The first-order valence-electron chi connectivity index (χ1n) is 3.51. The molecule has 0 unspecified atom stereocenters. The van der Waals surface area contributed by atoms with Gasteiger partial charge in [0.1, 0.15) is 13.1 Å². The minimum atomic E-state index is 0.170. The fourth-order valence-electron chi connectivity index (χ4n) is 0.849. The van der Waals surface area contributed by atoms with Crippen molar-refractivity contribution in [3.05, 3.63) is 12.7 Å². The minimum absolute atomic E-state index is 0.170. The van der Waals surface area contributed by atoms with Crippen LogP contribution in [0.15, 0.2) is 12.7 Å². The van der Waals surface area contributed by atoms with Gasteiger partial charge < -0.3 is 15.1 Å². The number of aliphatic hydroxyl groups excluding tert-OH is 2. The molecule has 0 aliphatic rings. The molecule has 0 radical (unpaired) electrons. The molecular weight excluding hydrogens is 130 g/mol. The largest absolute Gasteiger partial charge is 0.391 e. The van der Waals surface area contributed by atoms with E-state index in [4.69, 9.17) is 10.2 Å². The zero-order valence-corrected chi connectivity index (χ0v) is 6.21. The van der Waals surface area contributed by atoms with Crippen molar-refractivity contribution < 1.29 is 15.1 Å². The highest BCUT2D eigenvalue weighted by Crippen LogP contribution is 1.55. The fourth-order valence-corrected chi connectivity index (χ4v) is 0.849. The summed E-state index contributed by atoms with van der Waals surface area (Å²) in [6.45, 7) is 6.10. The summed E-state index contributed by atoms with van der Waals surface area (Å²) in [5.41, 5.74) is 0. The van der Waals surface area contributed by atoms with Crippen molar-refractivity contribution >= 4 is 0 Å². The average Bonchev–Trinajstić information content (AvgIpc) is 1.90. The molecule has 0 aromatic rings. The molecule has 3 heteroatoms. The SMILES string of the molecule is C=CC[NH+](CCO)CCO. The Kier molecular flexibility index (Phi) is 6.48. The van der Waals surface area contributed by atoms with Gasteiger partial charge in [0.25, 0.3) is 0 Å². The van der Waals surface area contributed by atoms with E-state index in [1.54, 1.807) is 6.08 Å². The number of aliphatic hydroxyl groups is 2. The lowest BCUT2D eigenvalue weighted by molar-refractivity contribution is -0.894. The standard InChI is InChI=1S/C7H15NO2/c1-2-3-8(4-6-9)5-7-10/h2,9-10H,1,3-7H2/p+1. The Morgan fingerprint density at radius 3 is 2.00 bits per heavy atom. The Morgan fingerprint density at radius 2 is 1.70 bits per heavy atom. The second-order valence-corrected chi connectivity index (χ2v) is 2.19. The second-order valence-electron chi connectivity index (χ2n) is 2.19. The van der Waals surface area contributed by atoms with Crippen molar-refractivity contribution in [2.24, 2.45) is 0 Å². The number of rotatable bonds is 6. The van der Waals surface area contributed by atoms with Gasteiger partial charge in [0.05, 0.1) is 19.8 Å². The molecule has 0 saturated heterocycles. The van der Waals surface area contributed by atoms with E-state index < -0.39 is 0 Å². The summed E-state index contributed by atoms with van der Waals surface area (Å²) in [6, 6.07) is 0. The quantitative estimate of drug-likeness (QED) is 0.381. The van der Waals surface area contributed by atoms with Crippen LogP contribution in [0, 0.1) is 0 Å². The Labute approximate surface area is 61.6 Å². The van der Waals surface area contributed by atoms with Gasteiger partial charge in [0, 0.05) is 0 Å². The van der Waals surface area contributed by atoms with Crippen LogP contribution >= 0.6 is 0 Å². The highest BCUT2D eigenvalue weighted by Gasteiger charge is 2.02. The molecule has 0 aromatic heterocycles. The molecule has 0 spiro atoms. The van der Waals surface area contributed by atoms with Crippen LogP contribution in [0.1, 0.15) is 0 Å². The van der Waals surface area contributed by atoms with E-state index in [1.807, 2.05) is 0 Å². The van der Waals surface area contributed by atoms with Gasteiger partial charge in [-0.3, -0.25) is 0 Å². The maximum absolute atomic E-state index is 8.55. The molecule has 0 atom stereocenters. The molecule has 3 N–H and O–H groups in total. The summed E-state index contributed by atoms with van der Waals surface area (Å²) < 4.78 is 0. The maximum Gasteiger partial charge on any atom is 0.101 e. The van der Waals surface area contributed by atoms with E-state index in [0.29, 0.717) is 13.1 Å². The third-order valence-corrected chi connectivity index (χ3v) is 1.36. The minimum Gasteiger partial charge on any atom is -0.391 e. The first-order valence-corrected chi connectivity index (χ1v) is 3.51. The average molecular weight is 146 g/mol. The lowest BCUT2D eigenvalue weighted by Gasteiger charge is -2.14. The molecule has 0 aliphatic carbocycles. The first-order chi connectivity index (χ1) is 4.85. The van der Waals surface area contributed by atoms with Gasteiger partial charge in [-0.05, 0) is 6.08 Å². The zero-order valence-electron chi connectivity index (χ0n) is 6.21. The van der Waals surface area contributed by atoms with Crippen molar-refractivity contribution in [1.82, 2.24) is 0 Å². The van der Waals surface area contributed by atoms with Crippen LogP contribution in [-0.2, 0) is 0 Å². The number of hydrogen-bond donors (Lipinski definition) is 3. The van der Waals surface area contributed by atoms with Crippen molar-refractivity contribution in [3.63, 3.8) is 0 Å². The highest BCUT2D eigenvalue weighted by molar-refractivity contribution is 4.62. The van der Waals surface area contributed by atoms with Crippen molar-refractivity contribution in [3.8, 4) is 0 Å². The third-order valence-electron chi connectivity index (χ3n) is 1.36. The van der Waals surface area contributed by atoms with Gasteiger partial charge in [0.15, 0.2) is 0 Å². The lowest BCUT2D eigenvalue weighted by Crippen LogP contribution is -3.12. The molecule has 10 heavy (non-hydrogen) atoms. The van der Waals surface area contributed by atoms with Gasteiger partial charge >= 0.3 is 0 Å². The molecule has 0 saturated carbocycles. The van der Waals surface area contributed by atoms with Gasteiger partial charge in [-0.1, -0.05) is 6.58 Å². The molecular formula is C7H16NO2+. The topological polar surface area (TPSA) is 44.9 Å². The Morgan fingerprint density at radius 1 is 1.20 bits per heavy atom. The number of quaternary nitrogens is 1. The first kappa shape index (κ1) is 9.62. The van der Waals surface area contributed by atoms with E-state index in [1.165, 1.54) is 4.90 Å². The maximum atomic E-state index is 8.55. The highest BCUT2D eigenvalue weighted by atomic mass is 16.3. The van der Waals surface area contributed by atoms with E-state index in [-0.39, 0.29) is 13.2 Å². The summed E-state index contributed by atoms with van der Waals surface area (Å²) in [5, 5.41) is 17.1. The van der Waals surface area contributed by atoms with E-state index >= 15 is 0 Å². The molecule has 0 rings (SSSR count).